The highest BCUT2D eigenvalue weighted by molar-refractivity contribution is 6.05. The van der Waals surface area contributed by atoms with E-state index < -0.39 is 5.97 Å². The summed E-state index contributed by atoms with van der Waals surface area (Å²) < 4.78 is 0. The van der Waals surface area contributed by atoms with Crippen molar-refractivity contribution in [1.82, 2.24) is 0 Å². The van der Waals surface area contributed by atoms with Crippen LogP contribution in [0, 0.1) is 0 Å². The summed E-state index contributed by atoms with van der Waals surface area (Å²) in [5.74, 6) is -1.07. The SMILES string of the molecule is CCc1ccccc1C(=O)Nc1cccc(CC(=O)O)c1. The Kier molecular flexibility index (Phi) is 4.72. The molecule has 0 aliphatic carbocycles. The van der Waals surface area contributed by atoms with E-state index in [1.807, 2.05) is 25.1 Å². The number of rotatable bonds is 5. The molecule has 0 saturated heterocycles. The van der Waals surface area contributed by atoms with Crippen LogP contribution in [0.2, 0.25) is 0 Å². The predicted molar refractivity (Wildman–Crippen MR) is 81.6 cm³/mol. The molecule has 108 valence electrons. The van der Waals surface area contributed by atoms with Crippen molar-refractivity contribution in [2.45, 2.75) is 19.8 Å². The van der Waals surface area contributed by atoms with Crippen LogP contribution in [0.1, 0.15) is 28.4 Å². The summed E-state index contributed by atoms with van der Waals surface area (Å²) in [5, 5.41) is 11.6. The molecule has 0 heterocycles. The first-order valence-corrected chi connectivity index (χ1v) is 6.80. The third-order valence-electron chi connectivity index (χ3n) is 3.18. The summed E-state index contributed by atoms with van der Waals surface area (Å²) in [6, 6.07) is 14.3. The molecule has 0 aliphatic heterocycles. The standard InChI is InChI=1S/C17H17NO3/c1-2-13-7-3-4-9-15(13)17(21)18-14-8-5-6-12(10-14)11-16(19)20/h3-10H,2,11H2,1H3,(H,18,21)(H,19,20). The van der Waals surface area contributed by atoms with Gasteiger partial charge in [-0.1, -0.05) is 37.3 Å². The van der Waals surface area contributed by atoms with Crippen LogP contribution in [0.25, 0.3) is 0 Å². The van der Waals surface area contributed by atoms with Gasteiger partial charge in [-0.05, 0) is 35.7 Å². The number of hydrogen-bond acceptors (Lipinski definition) is 2. The summed E-state index contributed by atoms with van der Waals surface area (Å²) in [6.45, 7) is 2.00. The number of hydrogen-bond donors (Lipinski definition) is 2. The number of nitrogens with one attached hydrogen (secondary N) is 1. The van der Waals surface area contributed by atoms with Crippen molar-refractivity contribution in [2.24, 2.45) is 0 Å². The molecule has 0 fully saturated rings. The molecule has 0 atom stereocenters. The van der Waals surface area contributed by atoms with Crippen molar-refractivity contribution < 1.29 is 14.7 Å². The summed E-state index contributed by atoms with van der Waals surface area (Å²) in [7, 11) is 0. The maximum absolute atomic E-state index is 12.3. The summed E-state index contributed by atoms with van der Waals surface area (Å²) in [4.78, 5) is 23.0. The molecule has 0 saturated carbocycles. The van der Waals surface area contributed by atoms with Crippen LogP contribution in [-0.2, 0) is 17.6 Å². The highest BCUT2D eigenvalue weighted by atomic mass is 16.4. The first kappa shape index (κ1) is 14.8. The monoisotopic (exact) mass is 283 g/mol. The van der Waals surface area contributed by atoms with Crippen LogP contribution in [0.15, 0.2) is 48.5 Å². The van der Waals surface area contributed by atoms with Crippen molar-refractivity contribution >= 4 is 17.6 Å². The second-order valence-electron chi connectivity index (χ2n) is 4.74. The number of anilines is 1. The zero-order chi connectivity index (χ0) is 15.2. The maximum Gasteiger partial charge on any atom is 0.307 e. The molecule has 2 aromatic carbocycles. The lowest BCUT2D eigenvalue weighted by atomic mass is 10.0. The Labute approximate surface area is 123 Å². The summed E-state index contributed by atoms with van der Waals surface area (Å²) >= 11 is 0. The molecule has 0 bridgehead atoms. The van der Waals surface area contributed by atoms with Gasteiger partial charge in [-0.3, -0.25) is 9.59 Å². The second kappa shape index (κ2) is 6.70. The lowest BCUT2D eigenvalue weighted by Gasteiger charge is -2.09. The molecular weight excluding hydrogens is 266 g/mol. The molecule has 0 radical (unpaired) electrons. The fourth-order valence-electron chi connectivity index (χ4n) is 2.18. The minimum absolute atomic E-state index is 0.0603. The summed E-state index contributed by atoms with van der Waals surface area (Å²) in [5.41, 5.74) is 2.88. The Morgan fingerprint density at radius 3 is 2.57 bits per heavy atom. The smallest absolute Gasteiger partial charge is 0.307 e. The van der Waals surface area contributed by atoms with Crippen LogP contribution in [0.5, 0.6) is 0 Å². The lowest BCUT2D eigenvalue weighted by Crippen LogP contribution is -2.14. The number of carboxylic acids is 1. The van der Waals surface area contributed by atoms with Crippen LogP contribution in [-0.4, -0.2) is 17.0 Å². The highest BCUT2D eigenvalue weighted by Gasteiger charge is 2.10. The van der Waals surface area contributed by atoms with E-state index >= 15 is 0 Å². The highest BCUT2D eigenvalue weighted by Crippen LogP contribution is 2.15. The fourth-order valence-corrected chi connectivity index (χ4v) is 2.18. The van der Waals surface area contributed by atoms with Gasteiger partial charge >= 0.3 is 5.97 Å². The maximum atomic E-state index is 12.3. The minimum Gasteiger partial charge on any atom is -0.481 e. The van der Waals surface area contributed by atoms with Crippen molar-refractivity contribution in [2.75, 3.05) is 5.32 Å². The van der Waals surface area contributed by atoms with Crippen LogP contribution in [0.4, 0.5) is 5.69 Å². The van der Waals surface area contributed by atoms with E-state index in [-0.39, 0.29) is 12.3 Å². The van der Waals surface area contributed by atoms with Gasteiger partial charge in [0.1, 0.15) is 0 Å². The average molecular weight is 283 g/mol. The topological polar surface area (TPSA) is 66.4 Å². The number of carboxylic acid groups (broad SMARTS) is 1. The molecule has 1 amide bonds. The molecule has 0 aromatic heterocycles. The normalized spacial score (nSPS) is 10.1. The summed E-state index contributed by atoms with van der Waals surface area (Å²) in [6.07, 6.45) is 0.720. The van der Waals surface area contributed by atoms with Gasteiger partial charge < -0.3 is 10.4 Å². The molecule has 2 aromatic rings. The largest absolute Gasteiger partial charge is 0.481 e. The van der Waals surface area contributed by atoms with Crippen molar-refractivity contribution in [3.05, 3.63) is 65.2 Å². The van der Waals surface area contributed by atoms with Gasteiger partial charge in [-0.25, -0.2) is 0 Å². The van der Waals surface area contributed by atoms with E-state index in [4.69, 9.17) is 5.11 Å². The van der Waals surface area contributed by atoms with Gasteiger partial charge in [0.05, 0.1) is 6.42 Å². The van der Waals surface area contributed by atoms with Crippen LogP contribution in [0.3, 0.4) is 0 Å². The van der Waals surface area contributed by atoms with E-state index in [2.05, 4.69) is 5.32 Å². The van der Waals surface area contributed by atoms with E-state index in [0.29, 0.717) is 16.8 Å². The number of benzene rings is 2. The van der Waals surface area contributed by atoms with Crippen molar-refractivity contribution in [3.8, 4) is 0 Å². The Bertz CT molecular complexity index is 665. The second-order valence-corrected chi connectivity index (χ2v) is 4.74. The molecule has 0 spiro atoms. The number of carbonyl (C=O) groups excluding carboxylic acids is 1. The number of aliphatic carboxylic acids is 1. The number of amides is 1. The van der Waals surface area contributed by atoms with Gasteiger partial charge in [0.25, 0.3) is 5.91 Å². The first-order valence-electron chi connectivity index (χ1n) is 6.80. The third kappa shape index (κ3) is 3.92. The molecule has 0 aliphatic rings. The van der Waals surface area contributed by atoms with E-state index in [9.17, 15) is 9.59 Å². The fraction of sp³-hybridized carbons (Fsp3) is 0.176. The Balaban J connectivity index is 2.17. The van der Waals surface area contributed by atoms with E-state index in [1.165, 1.54) is 0 Å². The van der Waals surface area contributed by atoms with Gasteiger partial charge in [-0.15, -0.1) is 0 Å². The molecule has 2 N–H and O–H groups in total. The van der Waals surface area contributed by atoms with Gasteiger partial charge in [-0.2, -0.15) is 0 Å². The molecule has 4 heteroatoms. The van der Waals surface area contributed by atoms with Gasteiger partial charge in [0, 0.05) is 11.3 Å². The van der Waals surface area contributed by atoms with E-state index in [0.717, 1.165) is 12.0 Å². The number of aryl methyl sites for hydroxylation is 1. The molecular formula is C17H17NO3. The van der Waals surface area contributed by atoms with Gasteiger partial charge in [0.15, 0.2) is 0 Å². The van der Waals surface area contributed by atoms with E-state index in [1.54, 1.807) is 30.3 Å². The van der Waals surface area contributed by atoms with Crippen molar-refractivity contribution in [1.29, 1.82) is 0 Å². The van der Waals surface area contributed by atoms with Crippen LogP contribution >= 0.6 is 0 Å². The molecule has 4 nitrogen and oxygen atoms in total. The zero-order valence-corrected chi connectivity index (χ0v) is 11.8. The quantitative estimate of drug-likeness (QED) is 0.886. The Hall–Kier alpha value is -2.62. The third-order valence-corrected chi connectivity index (χ3v) is 3.18. The average Bonchev–Trinajstić information content (AvgIpc) is 2.46. The molecule has 0 unspecified atom stereocenters. The zero-order valence-electron chi connectivity index (χ0n) is 11.8. The molecule has 2 rings (SSSR count). The Morgan fingerprint density at radius 1 is 1.10 bits per heavy atom. The first-order chi connectivity index (χ1) is 10.1. The van der Waals surface area contributed by atoms with Crippen LogP contribution < -0.4 is 5.32 Å². The van der Waals surface area contributed by atoms with Crippen molar-refractivity contribution in [3.63, 3.8) is 0 Å². The number of carbonyl (C=O) groups is 2. The van der Waals surface area contributed by atoms with Gasteiger partial charge in [0.2, 0.25) is 0 Å². The minimum atomic E-state index is -0.894. The Morgan fingerprint density at radius 2 is 1.86 bits per heavy atom. The predicted octanol–water partition coefficient (Wildman–Crippen LogP) is 3.13. The lowest BCUT2D eigenvalue weighted by molar-refractivity contribution is -0.136. The molecule has 21 heavy (non-hydrogen) atoms.